The highest BCUT2D eigenvalue weighted by Crippen LogP contribution is 2.43. The van der Waals surface area contributed by atoms with Crippen LogP contribution in [0.3, 0.4) is 0 Å². The van der Waals surface area contributed by atoms with E-state index in [9.17, 15) is 4.39 Å². The van der Waals surface area contributed by atoms with Crippen LogP contribution in [0.25, 0.3) is 0 Å². The molecule has 0 spiro atoms. The van der Waals surface area contributed by atoms with Crippen LogP contribution >= 0.6 is 24.0 Å². The minimum atomic E-state index is -0.385. The van der Waals surface area contributed by atoms with E-state index in [0.29, 0.717) is 0 Å². The van der Waals surface area contributed by atoms with Crippen molar-refractivity contribution < 1.29 is 4.39 Å². The van der Waals surface area contributed by atoms with Crippen molar-refractivity contribution in [3.8, 4) is 0 Å². The van der Waals surface area contributed by atoms with E-state index in [4.69, 9.17) is 17.3 Å². The Morgan fingerprint density at radius 2 is 2.00 bits per heavy atom. The van der Waals surface area contributed by atoms with Crippen LogP contribution in [0, 0.1) is 5.82 Å². The average Bonchev–Trinajstić information content (AvgIpc) is 2.75. The van der Waals surface area contributed by atoms with Crippen molar-refractivity contribution in [3.63, 3.8) is 0 Å². The molecule has 0 aliphatic heterocycles. The maximum Gasteiger partial charge on any atom is 0.141 e. The zero-order chi connectivity index (χ0) is 8.77. The fourth-order valence-electron chi connectivity index (χ4n) is 1.23. The van der Waals surface area contributed by atoms with Gasteiger partial charge in [0.1, 0.15) is 5.82 Å². The first kappa shape index (κ1) is 10.8. The molecule has 72 valence electrons. The zero-order valence-electron chi connectivity index (χ0n) is 6.89. The summed E-state index contributed by atoms with van der Waals surface area (Å²) in [6.45, 7) is 0. The van der Waals surface area contributed by atoms with E-state index in [-0.39, 0.29) is 28.8 Å². The molecule has 0 aromatic heterocycles. The topological polar surface area (TPSA) is 26.0 Å². The molecule has 0 radical (unpaired) electrons. The molecule has 1 aliphatic carbocycles. The standard InChI is InChI=1S/C9H9ClFN.ClH/c10-7-5-6(1-2-8(7)11)9(12)3-4-9;/h1-2,5H,3-4,12H2;1H. The monoisotopic (exact) mass is 221 g/mol. The number of hydrogen-bond acceptors (Lipinski definition) is 1. The third kappa shape index (κ3) is 1.96. The van der Waals surface area contributed by atoms with Crippen molar-refractivity contribution in [1.82, 2.24) is 0 Å². The molecular weight excluding hydrogens is 212 g/mol. The number of rotatable bonds is 1. The lowest BCUT2D eigenvalue weighted by Crippen LogP contribution is -2.18. The van der Waals surface area contributed by atoms with Crippen LogP contribution in [-0.4, -0.2) is 0 Å². The van der Waals surface area contributed by atoms with Crippen LogP contribution in [0.2, 0.25) is 5.02 Å². The number of hydrogen-bond donors (Lipinski definition) is 1. The van der Waals surface area contributed by atoms with Gasteiger partial charge in [0.25, 0.3) is 0 Å². The second-order valence-electron chi connectivity index (χ2n) is 3.29. The minimum absolute atomic E-state index is 0. The third-order valence-corrected chi connectivity index (χ3v) is 2.57. The third-order valence-electron chi connectivity index (χ3n) is 2.28. The smallest absolute Gasteiger partial charge is 0.141 e. The fourth-order valence-corrected chi connectivity index (χ4v) is 1.41. The van der Waals surface area contributed by atoms with E-state index in [0.717, 1.165) is 18.4 Å². The highest BCUT2D eigenvalue weighted by Gasteiger charge is 2.40. The SMILES string of the molecule is Cl.NC1(c2ccc(F)c(Cl)c2)CC1. The van der Waals surface area contributed by atoms with Crippen LogP contribution in [0.5, 0.6) is 0 Å². The van der Waals surface area contributed by atoms with Gasteiger partial charge in [-0.2, -0.15) is 0 Å². The van der Waals surface area contributed by atoms with Gasteiger partial charge in [0, 0.05) is 5.54 Å². The molecule has 1 nitrogen and oxygen atoms in total. The molecule has 1 aromatic rings. The number of halogens is 3. The van der Waals surface area contributed by atoms with E-state index < -0.39 is 0 Å². The van der Waals surface area contributed by atoms with E-state index in [1.165, 1.54) is 6.07 Å². The molecule has 13 heavy (non-hydrogen) atoms. The Morgan fingerprint density at radius 1 is 1.38 bits per heavy atom. The Morgan fingerprint density at radius 3 is 2.46 bits per heavy atom. The van der Waals surface area contributed by atoms with Gasteiger partial charge < -0.3 is 5.73 Å². The molecule has 2 N–H and O–H groups in total. The lowest BCUT2D eigenvalue weighted by atomic mass is 10.1. The van der Waals surface area contributed by atoms with Gasteiger partial charge in [-0.1, -0.05) is 17.7 Å². The van der Waals surface area contributed by atoms with Gasteiger partial charge in [-0.3, -0.25) is 0 Å². The molecule has 1 aromatic carbocycles. The molecule has 2 rings (SSSR count). The maximum atomic E-state index is 12.7. The van der Waals surface area contributed by atoms with Crippen LogP contribution in [0.1, 0.15) is 18.4 Å². The Balaban J connectivity index is 0.000000845. The second kappa shape index (κ2) is 3.45. The summed E-state index contributed by atoms with van der Waals surface area (Å²) < 4.78 is 12.7. The van der Waals surface area contributed by atoms with Gasteiger partial charge in [0.15, 0.2) is 0 Å². The van der Waals surface area contributed by atoms with Crippen molar-refractivity contribution in [1.29, 1.82) is 0 Å². The normalized spacial score (nSPS) is 17.8. The van der Waals surface area contributed by atoms with Gasteiger partial charge >= 0.3 is 0 Å². The molecule has 1 aliphatic rings. The van der Waals surface area contributed by atoms with Crippen molar-refractivity contribution in [3.05, 3.63) is 34.6 Å². The zero-order valence-corrected chi connectivity index (χ0v) is 8.46. The van der Waals surface area contributed by atoms with Gasteiger partial charge in [-0.15, -0.1) is 12.4 Å². The Kier molecular flexibility index (Phi) is 2.85. The van der Waals surface area contributed by atoms with Gasteiger partial charge in [0.2, 0.25) is 0 Å². The molecule has 0 amide bonds. The summed E-state index contributed by atoms with van der Waals surface area (Å²) in [5.74, 6) is -0.385. The Bertz CT molecular complexity index is 323. The van der Waals surface area contributed by atoms with Gasteiger partial charge in [-0.25, -0.2) is 4.39 Å². The van der Waals surface area contributed by atoms with E-state index in [2.05, 4.69) is 0 Å². The van der Waals surface area contributed by atoms with E-state index >= 15 is 0 Å². The largest absolute Gasteiger partial charge is 0.321 e. The molecule has 1 saturated carbocycles. The summed E-state index contributed by atoms with van der Waals surface area (Å²) in [5.41, 5.74) is 6.62. The summed E-state index contributed by atoms with van der Waals surface area (Å²) in [7, 11) is 0. The summed E-state index contributed by atoms with van der Waals surface area (Å²) in [6, 6.07) is 4.68. The average molecular weight is 222 g/mol. The summed E-state index contributed by atoms with van der Waals surface area (Å²) in [5, 5.41) is 0.157. The second-order valence-corrected chi connectivity index (χ2v) is 3.69. The van der Waals surface area contributed by atoms with Crippen molar-refractivity contribution in [2.24, 2.45) is 5.73 Å². The van der Waals surface area contributed by atoms with Gasteiger partial charge in [0.05, 0.1) is 5.02 Å². The van der Waals surface area contributed by atoms with Crippen LogP contribution in [-0.2, 0) is 5.54 Å². The first-order chi connectivity index (χ1) is 5.62. The highest BCUT2D eigenvalue weighted by atomic mass is 35.5. The van der Waals surface area contributed by atoms with Crippen LogP contribution in [0.4, 0.5) is 4.39 Å². The van der Waals surface area contributed by atoms with Crippen LogP contribution < -0.4 is 5.73 Å². The molecule has 0 unspecified atom stereocenters. The fraction of sp³-hybridized carbons (Fsp3) is 0.333. The van der Waals surface area contributed by atoms with E-state index in [1.807, 2.05) is 0 Å². The summed E-state index contributed by atoms with van der Waals surface area (Å²) in [4.78, 5) is 0. The molecule has 1 fully saturated rings. The minimum Gasteiger partial charge on any atom is -0.321 e. The van der Waals surface area contributed by atoms with Gasteiger partial charge in [-0.05, 0) is 30.5 Å². The predicted octanol–water partition coefficient (Wildman–Crippen LogP) is 2.85. The van der Waals surface area contributed by atoms with Crippen molar-refractivity contribution >= 4 is 24.0 Å². The molecular formula is C9H10Cl2FN. The Hall–Kier alpha value is -0.310. The first-order valence-electron chi connectivity index (χ1n) is 3.86. The summed E-state index contributed by atoms with van der Waals surface area (Å²) in [6.07, 6.45) is 1.93. The van der Waals surface area contributed by atoms with Crippen molar-refractivity contribution in [2.75, 3.05) is 0 Å². The molecule has 0 bridgehead atoms. The number of benzene rings is 1. The Labute approximate surface area is 87.5 Å². The van der Waals surface area contributed by atoms with Crippen LogP contribution in [0.15, 0.2) is 18.2 Å². The highest BCUT2D eigenvalue weighted by molar-refractivity contribution is 6.30. The molecule has 0 atom stereocenters. The van der Waals surface area contributed by atoms with Crippen molar-refractivity contribution in [2.45, 2.75) is 18.4 Å². The lowest BCUT2D eigenvalue weighted by molar-refractivity contribution is 0.625. The number of nitrogens with two attached hydrogens (primary N) is 1. The predicted molar refractivity (Wildman–Crippen MR) is 53.8 cm³/mol. The molecule has 4 heteroatoms. The molecule has 0 heterocycles. The molecule has 0 saturated heterocycles. The van der Waals surface area contributed by atoms with E-state index in [1.54, 1.807) is 12.1 Å². The lowest BCUT2D eigenvalue weighted by Gasteiger charge is -2.08. The summed E-state index contributed by atoms with van der Waals surface area (Å²) >= 11 is 5.62. The maximum absolute atomic E-state index is 12.7. The first-order valence-corrected chi connectivity index (χ1v) is 4.24. The quantitative estimate of drug-likeness (QED) is 0.776.